The van der Waals surface area contributed by atoms with Gasteiger partial charge in [0.1, 0.15) is 17.6 Å². The molecule has 0 bridgehead atoms. The summed E-state index contributed by atoms with van der Waals surface area (Å²) < 4.78 is 18.5. The highest BCUT2D eigenvalue weighted by Crippen LogP contribution is 2.36. The van der Waals surface area contributed by atoms with Gasteiger partial charge in [0, 0.05) is 31.7 Å². The van der Waals surface area contributed by atoms with Gasteiger partial charge in [-0.05, 0) is 17.2 Å². The summed E-state index contributed by atoms with van der Waals surface area (Å²) in [5.74, 6) is 1.44. The van der Waals surface area contributed by atoms with Gasteiger partial charge in [-0.15, -0.1) is 0 Å². The van der Waals surface area contributed by atoms with Gasteiger partial charge < -0.3 is 19.8 Å². The molecule has 1 aliphatic rings. The number of hydrogen-bond donors (Lipinski definition) is 1. The van der Waals surface area contributed by atoms with Crippen molar-refractivity contribution < 1.29 is 14.1 Å². The zero-order valence-electron chi connectivity index (χ0n) is 17.9. The van der Waals surface area contributed by atoms with Crippen LogP contribution < -0.4 is 10.5 Å². The van der Waals surface area contributed by atoms with Gasteiger partial charge in [0.05, 0.1) is 25.1 Å². The van der Waals surface area contributed by atoms with E-state index < -0.39 is 0 Å². The fraction of sp³-hybridized carbons (Fsp3) is 0.364. The number of morpholine rings is 1. The molecule has 10 nitrogen and oxygen atoms in total. The van der Waals surface area contributed by atoms with Crippen molar-refractivity contribution in [2.75, 3.05) is 45.2 Å². The number of aromatic nitrogens is 5. The number of ether oxygens (including phenoxy) is 2. The van der Waals surface area contributed by atoms with E-state index in [4.69, 9.17) is 29.8 Å². The van der Waals surface area contributed by atoms with E-state index in [-0.39, 0.29) is 5.82 Å². The SMILES string of the molecule is CCn1c(-c2nonc2N)nc2c(-c3ccccc3)ncc(OCCN3CCOCC3)c21. The molecule has 0 atom stereocenters. The van der Waals surface area contributed by atoms with Gasteiger partial charge in [0.25, 0.3) is 0 Å². The molecule has 0 spiro atoms. The number of fused-ring (bicyclic) bond motifs is 1. The second-order valence-corrected chi connectivity index (χ2v) is 7.51. The van der Waals surface area contributed by atoms with E-state index in [1.165, 1.54) is 0 Å². The lowest BCUT2D eigenvalue weighted by molar-refractivity contribution is 0.0323. The number of nitrogens with two attached hydrogens (primary N) is 1. The third kappa shape index (κ3) is 3.78. The van der Waals surface area contributed by atoms with Crippen LogP contribution in [0, 0.1) is 0 Å². The van der Waals surface area contributed by atoms with Crippen LogP contribution in [0.2, 0.25) is 0 Å². The zero-order valence-corrected chi connectivity index (χ0v) is 17.9. The Kier molecular flexibility index (Phi) is 5.70. The maximum absolute atomic E-state index is 6.22. The molecule has 0 radical (unpaired) electrons. The Labute approximate surface area is 184 Å². The van der Waals surface area contributed by atoms with Crippen molar-refractivity contribution in [1.82, 2.24) is 29.7 Å². The summed E-state index contributed by atoms with van der Waals surface area (Å²) >= 11 is 0. The first kappa shape index (κ1) is 20.4. The molecular formula is C22H25N7O3. The van der Waals surface area contributed by atoms with Crippen molar-refractivity contribution in [3.05, 3.63) is 36.5 Å². The van der Waals surface area contributed by atoms with E-state index >= 15 is 0 Å². The number of aryl methyl sites for hydroxylation is 1. The first-order valence-corrected chi connectivity index (χ1v) is 10.7. The Morgan fingerprint density at radius 2 is 1.91 bits per heavy atom. The molecule has 0 amide bonds. The van der Waals surface area contributed by atoms with E-state index in [0.29, 0.717) is 30.4 Å². The minimum absolute atomic E-state index is 0.194. The molecule has 0 unspecified atom stereocenters. The number of anilines is 1. The van der Waals surface area contributed by atoms with Crippen LogP contribution >= 0.6 is 0 Å². The smallest absolute Gasteiger partial charge is 0.199 e. The first-order chi connectivity index (χ1) is 15.8. The van der Waals surface area contributed by atoms with Gasteiger partial charge in [0.2, 0.25) is 0 Å². The van der Waals surface area contributed by atoms with Crippen LogP contribution in [0.4, 0.5) is 5.82 Å². The second-order valence-electron chi connectivity index (χ2n) is 7.51. The van der Waals surface area contributed by atoms with Gasteiger partial charge in [-0.25, -0.2) is 14.6 Å². The van der Waals surface area contributed by atoms with Gasteiger partial charge >= 0.3 is 0 Å². The Balaban J connectivity index is 1.58. The minimum atomic E-state index is 0.194. The minimum Gasteiger partial charge on any atom is -0.488 e. The summed E-state index contributed by atoms with van der Waals surface area (Å²) in [6.45, 7) is 7.38. The highest BCUT2D eigenvalue weighted by atomic mass is 16.6. The molecule has 0 saturated carbocycles. The van der Waals surface area contributed by atoms with Crippen LogP contribution in [-0.4, -0.2) is 69.2 Å². The summed E-state index contributed by atoms with van der Waals surface area (Å²) in [4.78, 5) is 11.9. The summed E-state index contributed by atoms with van der Waals surface area (Å²) in [7, 11) is 0. The fourth-order valence-electron chi connectivity index (χ4n) is 3.97. The van der Waals surface area contributed by atoms with Crippen LogP contribution in [0.5, 0.6) is 5.75 Å². The molecule has 5 rings (SSSR count). The summed E-state index contributed by atoms with van der Waals surface area (Å²) in [6.07, 6.45) is 1.77. The van der Waals surface area contributed by atoms with E-state index in [2.05, 4.69) is 15.2 Å². The van der Waals surface area contributed by atoms with Crippen LogP contribution in [0.25, 0.3) is 33.8 Å². The quantitative estimate of drug-likeness (QED) is 0.467. The number of nitrogen functional groups attached to an aromatic ring is 1. The number of nitrogens with zero attached hydrogens (tertiary/aromatic N) is 6. The summed E-state index contributed by atoms with van der Waals surface area (Å²) in [6, 6.07) is 9.95. The molecule has 1 aromatic carbocycles. The van der Waals surface area contributed by atoms with Crippen molar-refractivity contribution in [3.8, 4) is 28.5 Å². The number of rotatable bonds is 7. The average molecular weight is 435 g/mol. The first-order valence-electron chi connectivity index (χ1n) is 10.7. The molecule has 32 heavy (non-hydrogen) atoms. The van der Waals surface area contributed by atoms with Crippen LogP contribution in [0.1, 0.15) is 6.92 Å². The number of imidazole rings is 1. The number of pyridine rings is 1. The lowest BCUT2D eigenvalue weighted by Crippen LogP contribution is -2.38. The predicted molar refractivity (Wildman–Crippen MR) is 119 cm³/mol. The third-order valence-corrected chi connectivity index (χ3v) is 5.59. The predicted octanol–water partition coefficient (Wildman–Crippen LogP) is 2.46. The Bertz CT molecular complexity index is 1200. The molecule has 10 heteroatoms. The average Bonchev–Trinajstić information content (AvgIpc) is 3.43. The van der Waals surface area contributed by atoms with Gasteiger partial charge in [-0.3, -0.25) is 4.90 Å². The van der Waals surface area contributed by atoms with Crippen molar-refractivity contribution >= 4 is 16.9 Å². The molecule has 3 aromatic heterocycles. The molecule has 1 aliphatic heterocycles. The van der Waals surface area contributed by atoms with Crippen molar-refractivity contribution in [3.63, 3.8) is 0 Å². The normalized spacial score (nSPS) is 14.8. The summed E-state index contributed by atoms with van der Waals surface area (Å²) in [5, 5.41) is 7.69. The maximum Gasteiger partial charge on any atom is 0.199 e. The number of benzene rings is 1. The van der Waals surface area contributed by atoms with E-state index in [0.717, 1.165) is 55.1 Å². The topological polar surface area (TPSA) is 117 Å². The summed E-state index contributed by atoms with van der Waals surface area (Å²) in [5.41, 5.74) is 9.69. The molecule has 1 fully saturated rings. The Morgan fingerprint density at radius 1 is 1.09 bits per heavy atom. The van der Waals surface area contributed by atoms with Gasteiger partial charge in [-0.2, -0.15) is 0 Å². The van der Waals surface area contributed by atoms with Crippen LogP contribution in [0.15, 0.2) is 41.2 Å². The molecule has 1 saturated heterocycles. The maximum atomic E-state index is 6.22. The monoisotopic (exact) mass is 435 g/mol. The van der Waals surface area contributed by atoms with E-state index in [1.54, 1.807) is 6.20 Å². The Hall–Kier alpha value is -3.50. The molecule has 4 heterocycles. The van der Waals surface area contributed by atoms with E-state index in [9.17, 15) is 0 Å². The second kappa shape index (κ2) is 8.93. The van der Waals surface area contributed by atoms with Crippen molar-refractivity contribution in [2.24, 2.45) is 0 Å². The zero-order chi connectivity index (χ0) is 21.9. The van der Waals surface area contributed by atoms with Crippen LogP contribution in [0.3, 0.4) is 0 Å². The molecule has 166 valence electrons. The lowest BCUT2D eigenvalue weighted by atomic mass is 10.1. The molecular weight excluding hydrogens is 410 g/mol. The Morgan fingerprint density at radius 3 is 2.62 bits per heavy atom. The number of hydrogen-bond acceptors (Lipinski definition) is 9. The van der Waals surface area contributed by atoms with Crippen LogP contribution in [-0.2, 0) is 11.3 Å². The lowest BCUT2D eigenvalue weighted by Gasteiger charge is -2.26. The fourth-order valence-corrected chi connectivity index (χ4v) is 3.97. The van der Waals surface area contributed by atoms with Gasteiger partial charge in [0.15, 0.2) is 23.1 Å². The van der Waals surface area contributed by atoms with Crippen molar-refractivity contribution in [1.29, 1.82) is 0 Å². The molecule has 2 N–H and O–H groups in total. The molecule has 0 aliphatic carbocycles. The largest absolute Gasteiger partial charge is 0.488 e. The third-order valence-electron chi connectivity index (χ3n) is 5.59. The standard InChI is InChI=1S/C22H25N7O3/c1-2-29-20-16(31-13-10-28-8-11-30-12-9-28)14-24-17(15-6-4-3-5-7-15)18(20)25-22(29)19-21(23)27-32-26-19/h3-7,14H,2,8-13H2,1H3,(H2,23,27). The van der Waals surface area contributed by atoms with Gasteiger partial charge in [-0.1, -0.05) is 30.3 Å². The van der Waals surface area contributed by atoms with E-state index in [1.807, 2.05) is 41.8 Å². The highest BCUT2D eigenvalue weighted by Gasteiger charge is 2.24. The van der Waals surface area contributed by atoms with Crippen molar-refractivity contribution in [2.45, 2.75) is 13.5 Å². The molecule has 4 aromatic rings. The highest BCUT2D eigenvalue weighted by molar-refractivity contribution is 5.95.